The third-order valence-electron chi connectivity index (χ3n) is 3.16. The van der Waals surface area contributed by atoms with E-state index >= 15 is 0 Å². The van der Waals surface area contributed by atoms with Crippen molar-refractivity contribution in [1.82, 2.24) is 15.5 Å². The minimum absolute atomic E-state index is 0.00130. The fraction of sp³-hybridized carbons (Fsp3) is 0.875. The molecule has 0 aliphatic rings. The Balaban J connectivity index is 4.12. The summed E-state index contributed by atoms with van der Waals surface area (Å²) in [4.78, 5) is 17.5. The first-order valence-electron chi connectivity index (χ1n) is 8.41. The summed E-state index contributed by atoms with van der Waals surface area (Å²) < 4.78 is 5.31. The van der Waals surface area contributed by atoms with Crippen LogP contribution in [0, 0.1) is 0 Å². The van der Waals surface area contributed by atoms with Gasteiger partial charge in [0.25, 0.3) is 0 Å². The second kappa shape index (κ2) is 14.6. The van der Waals surface area contributed by atoms with Crippen LogP contribution >= 0.6 is 0 Å². The molecule has 0 spiro atoms. The van der Waals surface area contributed by atoms with Gasteiger partial charge in [0.15, 0.2) is 5.96 Å². The zero-order chi connectivity index (χ0) is 16.6. The highest BCUT2D eigenvalue weighted by Gasteiger charge is 2.04. The second-order valence-electron chi connectivity index (χ2n) is 5.42. The Kier molecular flexibility index (Phi) is 13.8. The van der Waals surface area contributed by atoms with Gasteiger partial charge in [0.05, 0.1) is 0 Å². The van der Waals surface area contributed by atoms with Crippen molar-refractivity contribution in [2.75, 3.05) is 46.9 Å². The van der Waals surface area contributed by atoms with Crippen molar-refractivity contribution in [3.05, 3.63) is 0 Å². The molecule has 0 saturated heterocycles. The number of carbonyl (C=O) groups is 1. The number of nitrogens with one attached hydrogen (secondary N) is 2. The van der Waals surface area contributed by atoms with Crippen molar-refractivity contribution >= 4 is 11.9 Å². The lowest BCUT2D eigenvalue weighted by atomic mass is 10.2. The molecule has 0 saturated carbocycles. The number of guanidine groups is 1. The SMILES string of the molecule is CCCCCCNC(=NCC(=O)N(C)C)NCCCOCC. The van der Waals surface area contributed by atoms with Gasteiger partial charge in [-0.25, -0.2) is 4.99 Å². The highest BCUT2D eigenvalue weighted by Crippen LogP contribution is 1.96. The number of carbonyl (C=O) groups excluding carboxylic acids is 1. The first-order valence-corrected chi connectivity index (χ1v) is 8.41. The van der Waals surface area contributed by atoms with Crippen LogP contribution in [0.2, 0.25) is 0 Å². The van der Waals surface area contributed by atoms with Gasteiger partial charge < -0.3 is 20.3 Å². The molecule has 0 rings (SSSR count). The Labute approximate surface area is 135 Å². The molecule has 0 fully saturated rings. The maximum atomic E-state index is 11.6. The van der Waals surface area contributed by atoms with Gasteiger partial charge in [-0.1, -0.05) is 26.2 Å². The number of hydrogen-bond acceptors (Lipinski definition) is 3. The van der Waals surface area contributed by atoms with Crippen LogP contribution in [-0.2, 0) is 9.53 Å². The van der Waals surface area contributed by atoms with Gasteiger partial charge >= 0.3 is 0 Å². The standard InChI is InChI=1S/C16H34N4O2/c1-5-7-8-9-11-17-16(18-12-10-13-22-6-2)19-14-15(21)20(3)4/h5-14H2,1-4H3,(H2,17,18,19). The van der Waals surface area contributed by atoms with Crippen molar-refractivity contribution in [2.45, 2.75) is 46.0 Å². The number of amides is 1. The minimum Gasteiger partial charge on any atom is -0.382 e. The van der Waals surface area contributed by atoms with Gasteiger partial charge in [-0.15, -0.1) is 0 Å². The summed E-state index contributed by atoms with van der Waals surface area (Å²) in [6.45, 7) is 7.52. The molecule has 22 heavy (non-hydrogen) atoms. The molecular weight excluding hydrogens is 280 g/mol. The monoisotopic (exact) mass is 314 g/mol. The van der Waals surface area contributed by atoms with E-state index in [1.165, 1.54) is 19.3 Å². The van der Waals surface area contributed by atoms with Gasteiger partial charge in [-0.2, -0.15) is 0 Å². The van der Waals surface area contributed by atoms with E-state index in [0.717, 1.165) is 39.1 Å². The van der Waals surface area contributed by atoms with Crippen molar-refractivity contribution in [3.8, 4) is 0 Å². The van der Waals surface area contributed by atoms with E-state index in [-0.39, 0.29) is 12.5 Å². The third kappa shape index (κ3) is 12.4. The lowest BCUT2D eigenvalue weighted by molar-refractivity contribution is -0.127. The molecule has 0 aromatic carbocycles. The quantitative estimate of drug-likeness (QED) is 0.326. The van der Waals surface area contributed by atoms with E-state index in [2.05, 4.69) is 22.5 Å². The molecule has 0 bridgehead atoms. The lowest BCUT2D eigenvalue weighted by Crippen LogP contribution is -2.39. The molecular formula is C16H34N4O2. The summed E-state index contributed by atoms with van der Waals surface area (Å²) in [5, 5.41) is 6.54. The summed E-state index contributed by atoms with van der Waals surface area (Å²) in [7, 11) is 3.48. The average Bonchev–Trinajstić information content (AvgIpc) is 2.50. The predicted molar refractivity (Wildman–Crippen MR) is 92.3 cm³/mol. The number of hydrogen-bond donors (Lipinski definition) is 2. The largest absolute Gasteiger partial charge is 0.382 e. The zero-order valence-electron chi connectivity index (χ0n) is 14.8. The smallest absolute Gasteiger partial charge is 0.243 e. The van der Waals surface area contributed by atoms with Gasteiger partial charge in [0.2, 0.25) is 5.91 Å². The van der Waals surface area contributed by atoms with Crippen molar-refractivity contribution < 1.29 is 9.53 Å². The Morgan fingerprint density at radius 1 is 1.05 bits per heavy atom. The molecule has 0 radical (unpaired) electrons. The van der Waals surface area contributed by atoms with Crippen molar-refractivity contribution in [2.24, 2.45) is 4.99 Å². The Morgan fingerprint density at radius 2 is 1.73 bits per heavy atom. The Bertz CT molecular complexity index is 291. The molecule has 0 atom stereocenters. The molecule has 130 valence electrons. The normalized spacial score (nSPS) is 11.4. The number of rotatable bonds is 12. The molecule has 0 unspecified atom stereocenters. The molecule has 0 aliphatic carbocycles. The summed E-state index contributed by atoms with van der Waals surface area (Å²) in [6.07, 6.45) is 5.75. The van der Waals surface area contributed by atoms with Crippen LogP contribution in [0.5, 0.6) is 0 Å². The van der Waals surface area contributed by atoms with E-state index in [1.54, 1.807) is 19.0 Å². The first-order chi connectivity index (χ1) is 10.6. The highest BCUT2D eigenvalue weighted by molar-refractivity contribution is 5.84. The first kappa shape index (κ1) is 20.7. The molecule has 6 heteroatoms. The summed E-state index contributed by atoms with van der Waals surface area (Å²) in [5.74, 6) is 0.713. The highest BCUT2D eigenvalue weighted by atomic mass is 16.5. The molecule has 0 heterocycles. The van der Waals surface area contributed by atoms with E-state index < -0.39 is 0 Å². The number of ether oxygens (including phenoxy) is 1. The lowest BCUT2D eigenvalue weighted by Gasteiger charge is -2.13. The van der Waals surface area contributed by atoms with Crippen LogP contribution in [0.4, 0.5) is 0 Å². The van der Waals surface area contributed by atoms with Gasteiger partial charge in [0, 0.05) is 40.4 Å². The van der Waals surface area contributed by atoms with Crippen LogP contribution in [0.1, 0.15) is 46.0 Å². The number of aliphatic imine (C=N–C) groups is 1. The maximum Gasteiger partial charge on any atom is 0.243 e. The molecule has 1 amide bonds. The number of likely N-dealkylation sites (N-methyl/N-ethyl adjacent to an activating group) is 1. The molecule has 0 aliphatic heterocycles. The molecule has 0 aromatic rings. The number of nitrogens with zero attached hydrogens (tertiary/aromatic N) is 2. The summed E-state index contributed by atoms with van der Waals surface area (Å²) >= 11 is 0. The van der Waals surface area contributed by atoms with Gasteiger partial charge in [-0.05, 0) is 19.8 Å². The van der Waals surface area contributed by atoms with Crippen LogP contribution in [0.15, 0.2) is 4.99 Å². The van der Waals surface area contributed by atoms with Crippen LogP contribution in [0.25, 0.3) is 0 Å². The topological polar surface area (TPSA) is 66.0 Å². The van der Waals surface area contributed by atoms with Gasteiger partial charge in [0.1, 0.15) is 6.54 Å². The van der Waals surface area contributed by atoms with Crippen LogP contribution in [-0.4, -0.2) is 63.7 Å². The van der Waals surface area contributed by atoms with Gasteiger partial charge in [-0.3, -0.25) is 4.79 Å². The predicted octanol–water partition coefficient (Wildman–Crippen LogP) is 1.62. The van der Waals surface area contributed by atoms with E-state index in [4.69, 9.17) is 4.74 Å². The fourth-order valence-electron chi connectivity index (χ4n) is 1.75. The maximum absolute atomic E-state index is 11.6. The third-order valence-corrected chi connectivity index (χ3v) is 3.16. The zero-order valence-corrected chi connectivity index (χ0v) is 14.8. The van der Waals surface area contributed by atoms with E-state index in [9.17, 15) is 4.79 Å². The number of unbranched alkanes of at least 4 members (excludes halogenated alkanes) is 3. The second-order valence-corrected chi connectivity index (χ2v) is 5.42. The average molecular weight is 314 g/mol. The summed E-state index contributed by atoms with van der Waals surface area (Å²) in [6, 6.07) is 0. The Morgan fingerprint density at radius 3 is 2.32 bits per heavy atom. The summed E-state index contributed by atoms with van der Waals surface area (Å²) in [5.41, 5.74) is 0. The Hall–Kier alpha value is -1.30. The minimum atomic E-state index is 0.00130. The van der Waals surface area contributed by atoms with Crippen LogP contribution < -0.4 is 10.6 Å². The molecule has 0 aromatic heterocycles. The van der Waals surface area contributed by atoms with Crippen molar-refractivity contribution in [1.29, 1.82) is 0 Å². The van der Waals surface area contributed by atoms with Crippen molar-refractivity contribution in [3.63, 3.8) is 0 Å². The van der Waals surface area contributed by atoms with E-state index in [0.29, 0.717) is 5.96 Å². The fourth-order valence-corrected chi connectivity index (χ4v) is 1.75. The van der Waals surface area contributed by atoms with E-state index in [1.807, 2.05) is 6.92 Å². The van der Waals surface area contributed by atoms with Crippen LogP contribution in [0.3, 0.4) is 0 Å². The molecule has 2 N–H and O–H groups in total. The molecule has 6 nitrogen and oxygen atoms in total.